The van der Waals surface area contributed by atoms with Gasteiger partial charge in [0.15, 0.2) is 0 Å². The van der Waals surface area contributed by atoms with Gasteiger partial charge in [-0.05, 0) is 51.2 Å². The largest absolute Gasteiger partial charge is 0.507 e. The SMILES string of the molecule is CN(C)c1cc(O)c(I)cc1I. The van der Waals surface area contributed by atoms with E-state index in [9.17, 15) is 5.11 Å². The molecule has 0 aromatic heterocycles. The Balaban J connectivity index is 3.23. The molecule has 1 rings (SSSR count). The Kier molecular flexibility index (Phi) is 3.45. The number of anilines is 1. The lowest BCUT2D eigenvalue weighted by Gasteiger charge is -2.15. The molecule has 2 nitrogen and oxygen atoms in total. The molecule has 1 N–H and O–H groups in total. The summed E-state index contributed by atoms with van der Waals surface area (Å²) in [5, 5.41) is 9.44. The first-order chi connectivity index (χ1) is 5.52. The van der Waals surface area contributed by atoms with Gasteiger partial charge < -0.3 is 10.0 Å². The summed E-state index contributed by atoms with van der Waals surface area (Å²) in [7, 11) is 3.92. The number of rotatable bonds is 1. The summed E-state index contributed by atoms with van der Waals surface area (Å²) < 4.78 is 2.04. The van der Waals surface area contributed by atoms with Crippen molar-refractivity contribution in [3.05, 3.63) is 19.3 Å². The van der Waals surface area contributed by atoms with E-state index in [1.54, 1.807) is 6.07 Å². The number of hydrogen-bond acceptors (Lipinski definition) is 2. The summed E-state index contributed by atoms with van der Waals surface area (Å²) in [6, 6.07) is 3.75. The van der Waals surface area contributed by atoms with Crippen LogP contribution in [0.5, 0.6) is 5.75 Å². The van der Waals surface area contributed by atoms with E-state index >= 15 is 0 Å². The van der Waals surface area contributed by atoms with Crippen LogP contribution in [0.2, 0.25) is 0 Å². The molecule has 0 radical (unpaired) electrons. The molecule has 0 heterocycles. The van der Waals surface area contributed by atoms with E-state index in [1.165, 1.54) is 0 Å². The number of benzene rings is 1. The fourth-order valence-electron chi connectivity index (χ4n) is 0.869. The van der Waals surface area contributed by atoms with Gasteiger partial charge in [-0.2, -0.15) is 0 Å². The van der Waals surface area contributed by atoms with Gasteiger partial charge >= 0.3 is 0 Å². The first-order valence-electron chi connectivity index (χ1n) is 3.37. The molecule has 1 aromatic carbocycles. The predicted molar refractivity (Wildman–Crippen MR) is 67.9 cm³/mol. The number of halogens is 2. The smallest absolute Gasteiger partial charge is 0.131 e. The Morgan fingerprint density at radius 2 is 1.75 bits per heavy atom. The highest BCUT2D eigenvalue weighted by atomic mass is 127. The molecule has 0 aliphatic heterocycles. The van der Waals surface area contributed by atoms with Crippen molar-refractivity contribution in [3.8, 4) is 5.75 Å². The van der Waals surface area contributed by atoms with Crippen LogP contribution >= 0.6 is 45.2 Å². The van der Waals surface area contributed by atoms with Crippen LogP contribution in [0.4, 0.5) is 5.69 Å². The zero-order chi connectivity index (χ0) is 9.30. The summed E-state index contributed by atoms with van der Waals surface area (Å²) in [5.74, 6) is 0.347. The summed E-state index contributed by atoms with van der Waals surface area (Å²) in [5.41, 5.74) is 1.05. The Bertz CT molecular complexity index is 299. The highest BCUT2D eigenvalue weighted by Crippen LogP contribution is 2.29. The Hall–Kier alpha value is 0.280. The Morgan fingerprint density at radius 1 is 1.17 bits per heavy atom. The number of nitrogens with zero attached hydrogens (tertiary/aromatic N) is 1. The zero-order valence-electron chi connectivity index (χ0n) is 6.81. The third-order valence-electron chi connectivity index (χ3n) is 1.50. The zero-order valence-corrected chi connectivity index (χ0v) is 11.1. The van der Waals surface area contributed by atoms with Gasteiger partial charge in [-0.25, -0.2) is 0 Å². The van der Waals surface area contributed by atoms with E-state index in [0.717, 1.165) is 12.8 Å². The van der Waals surface area contributed by atoms with Gasteiger partial charge in [-0.1, -0.05) is 0 Å². The number of phenols is 1. The van der Waals surface area contributed by atoms with Crippen LogP contribution in [-0.4, -0.2) is 19.2 Å². The van der Waals surface area contributed by atoms with Gasteiger partial charge in [0.25, 0.3) is 0 Å². The van der Waals surface area contributed by atoms with Gasteiger partial charge in [-0.3, -0.25) is 0 Å². The number of hydrogen-bond donors (Lipinski definition) is 1. The summed E-state index contributed by atoms with van der Waals surface area (Å²) in [4.78, 5) is 1.98. The standard InChI is InChI=1S/C8H9I2NO/c1-11(2)7-4-8(12)6(10)3-5(7)9/h3-4,12H,1-2H3. The Labute approximate surface area is 99.2 Å². The van der Waals surface area contributed by atoms with Crippen molar-refractivity contribution in [2.24, 2.45) is 0 Å². The average molecular weight is 389 g/mol. The highest BCUT2D eigenvalue weighted by molar-refractivity contribution is 14.1. The van der Waals surface area contributed by atoms with Gasteiger partial charge in [-0.15, -0.1) is 0 Å². The molecule has 0 saturated carbocycles. The van der Waals surface area contributed by atoms with E-state index in [-0.39, 0.29) is 0 Å². The molecule has 0 atom stereocenters. The molecule has 0 fully saturated rings. The maximum absolute atomic E-state index is 9.44. The molecule has 12 heavy (non-hydrogen) atoms. The molecule has 0 saturated heterocycles. The maximum atomic E-state index is 9.44. The maximum Gasteiger partial charge on any atom is 0.131 e. The highest BCUT2D eigenvalue weighted by Gasteiger charge is 2.06. The van der Waals surface area contributed by atoms with Crippen molar-refractivity contribution in [2.75, 3.05) is 19.0 Å². The minimum absolute atomic E-state index is 0.347. The average Bonchev–Trinajstić information content (AvgIpc) is 1.96. The third kappa shape index (κ3) is 2.15. The number of phenolic OH excluding ortho intramolecular Hbond substituents is 1. The molecule has 66 valence electrons. The second kappa shape index (κ2) is 3.99. The molecule has 0 spiro atoms. The van der Waals surface area contributed by atoms with Crippen molar-refractivity contribution in [1.29, 1.82) is 0 Å². The van der Waals surface area contributed by atoms with Crippen molar-refractivity contribution in [1.82, 2.24) is 0 Å². The molecule has 0 bridgehead atoms. The van der Waals surface area contributed by atoms with Gasteiger partial charge in [0.1, 0.15) is 5.75 Å². The predicted octanol–water partition coefficient (Wildman–Crippen LogP) is 2.67. The fourth-order valence-corrected chi connectivity index (χ4v) is 2.88. The van der Waals surface area contributed by atoms with Crippen LogP contribution in [0.1, 0.15) is 0 Å². The van der Waals surface area contributed by atoms with Crippen LogP contribution in [-0.2, 0) is 0 Å². The molecular formula is C8H9I2NO. The van der Waals surface area contributed by atoms with Crippen molar-refractivity contribution < 1.29 is 5.11 Å². The summed E-state index contributed by atoms with van der Waals surface area (Å²) in [6.45, 7) is 0. The molecular weight excluding hydrogens is 380 g/mol. The first-order valence-corrected chi connectivity index (χ1v) is 5.53. The quantitative estimate of drug-likeness (QED) is 0.748. The van der Waals surface area contributed by atoms with Crippen molar-refractivity contribution in [3.63, 3.8) is 0 Å². The monoisotopic (exact) mass is 389 g/mol. The van der Waals surface area contributed by atoms with E-state index in [1.807, 2.05) is 25.1 Å². The van der Waals surface area contributed by atoms with Crippen LogP contribution in [0.15, 0.2) is 12.1 Å². The molecule has 0 aliphatic rings. The van der Waals surface area contributed by atoms with Crippen LogP contribution < -0.4 is 4.90 Å². The second-order valence-corrected chi connectivity index (χ2v) is 4.97. The normalized spacial score (nSPS) is 10.0. The molecule has 0 amide bonds. The first kappa shape index (κ1) is 10.4. The van der Waals surface area contributed by atoms with Crippen molar-refractivity contribution >= 4 is 50.9 Å². The van der Waals surface area contributed by atoms with Crippen LogP contribution in [0.3, 0.4) is 0 Å². The minimum Gasteiger partial charge on any atom is -0.507 e. The van der Waals surface area contributed by atoms with E-state index < -0.39 is 0 Å². The second-order valence-electron chi connectivity index (χ2n) is 2.65. The molecule has 0 aliphatic carbocycles. The molecule has 0 unspecified atom stereocenters. The van der Waals surface area contributed by atoms with E-state index in [4.69, 9.17) is 0 Å². The lowest BCUT2D eigenvalue weighted by Crippen LogP contribution is -2.10. The minimum atomic E-state index is 0.347. The van der Waals surface area contributed by atoms with Crippen LogP contribution in [0, 0.1) is 7.14 Å². The number of aromatic hydroxyl groups is 1. The van der Waals surface area contributed by atoms with Crippen molar-refractivity contribution in [2.45, 2.75) is 0 Å². The molecule has 1 aromatic rings. The van der Waals surface area contributed by atoms with E-state index in [0.29, 0.717) is 5.75 Å². The molecule has 4 heteroatoms. The summed E-state index contributed by atoms with van der Waals surface area (Å²) in [6.07, 6.45) is 0. The topological polar surface area (TPSA) is 23.5 Å². The summed E-state index contributed by atoms with van der Waals surface area (Å²) >= 11 is 4.38. The van der Waals surface area contributed by atoms with Gasteiger partial charge in [0.05, 0.1) is 9.26 Å². The van der Waals surface area contributed by atoms with E-state index in [2.05, 4.69) is 45.2 Å². The van der Waals surface area contributed by atoms with Gasteiger partial charge in [0, 0.05) is 23.7 Å². The fraction of sp³-hybridized carbons (Fsp3) is 0.250. The lowest BCUT2D eigenvalue weighted by molar-refractivity contribution is 0.471. The van der Waals surface area contributed by atoms with Crippen LogP contribution in [0.25, 0.3) is 0 Å². The lowest BCUT2D eigenvalue weighted by atomic mass is 10.3. The van der Waals surface area contributed by atoms with Gasteiger partial charge in [0.2, 0.25) is 0 Å². The Morgan fingerprint density at radius 3 is 2.25 bits per heavy atom. The third-order valence-corrected chi connectivity index (χ3v) is 3.23.